The molecule has 2 fully saturated rings. The van der Waals surface area contributed by atoms with Crippen LogP contribution >= 0.6 is 0 Å². The number of amides is 5. The number of fused-ring (bicyclic) bond motifs is 1. The van der Waals surface area contributed by atoms with Crippen molar-refractivity contribution >= 4 is 41.5 Å². The quantitative estimate of drug-likeness (QED) is 0.169. The summed E-state index contributed by atoms with van der Waals surface area (Å²) in [4.78, 5) is 101. The predicted octanol–water partition coefficient (Wildman–Crippen LogP) is 4.10. The van der Waals surface area contributed by atoms with Crippen molar-refractivity contribution in [1.82, 2.24) is 25.8 Å². The maximum absolute atomic E-state index is 14.5. The number of unbranched alkanes of at least 4 members (excludes halogenated alkanes) is 1. The van der Waals surface area contributed by atoms with E-state index in [2.05, 4.69) is 22.5 Å². The lowest BCUT2D eigenvalue weighted by Gasteiger charge is -2.37. The first kappa shape index (κ1) is 47.6. The summed E-state index contributed by atoms with van der Waals surface area (Å²) in [5.41, 5.74) is -0.611. The molecular weight excluding hydrogens is 743 g/mol. The molecule has 2 unspecified atom stereocenters. The summed E-state index contributed by atoms with van der Waals surface area (Å²) in [6, 6.07) is 4.85. The summed E-state index contributed by atoms with van der Waals surface area (Å²) in [6.07, 6.45) is 2.82. The topological polar surface area (TPSA) is 181 Å². The molecule has 8 atom stereocenters. The van der Waals surface area contributed by atoms with Gasteiger partial charge in [0.05, 0.1) is 5.41 Å². The summed E-state index contributed by atoms with van der Waals surface area (Å²) >= 11 is 0. The van der Waals surface area contributed by atoms with Gasteiger partial charge in [-0.05, 0) is 69.8 Å². The minimum Gasteiger partial charge on any atom is -0.460 e. The van der Waals surface area contributed by atoms with E-state index in [4.69, 9.17) is 9.47 Å². The van der Waals surface area contributed by atoms with E-state index in [1.54, 1.807) is 47.6 Å². The molecule has 0 radical (unpaired) electrons. The molecule has 322 valence electrons. The normalized spacial score (nSPS) is 26.9. The highest BCUT2D eigenvalue weighted by atomic mass is 16.6. The van der Waals surface area contributed by atoms with Crippen LogP contribution in [-0.4, -0.2) is 108 Å². The van der Waals surface area contributed by atoms with Crippen LogP contribution in [0.25, 0.3) is 0 Å². The Balaban J connectivity index is 2.16. The zero-order valence-electron chi connectivity index (χ0n) is 36.0. The van der Waals surface area contributed by atoms with Crippen LogP contribution in [0, 0.1) is 23.2 Å². The molecule has 58 heavy (non-hydrogen) atoms. The van der Waals surface area contributed by atoms with E-state index in [-0.39, 0.29) is 25.3 Å². The first-order chi connectivity index (χ1) is 27.4. The van der Waals surface area contributed by atoms with Crippen molar-refractivity contribution in [3.8, 4) is 0 Å². The number of nitrogens with one attached hydrogen (secondary N) is 3. The molecule has 1 aromatic rings. The fourth-order valence-electron chi connectivity index (χ4n) is 7.31. The number of cyclic esters (lactones) is 2. The fraction of sp³-hybridized carbons (Fsp3) is 0.659. The number of allylic oxidation sites excluding steroid dienone is 1. The highest BCUT2D eigenvalue weighted by Crippen LogP contribution is 2.30. The molecule has 0 aliphatic carbocycles. The van der Waals surface area contributed by atoms with Gasteiger partial charge in [0, 0.05) is 25.9 Å². The van der Waals surface area contributed by atoms with Gasteiger partial charge in [-0.3, -0.25) is 28.8 Å². The minimum atomic E-state index is -1.35. The highest BCUT2D eigenvalue weighted by Gasteiger charge is 2.45. The first-order valence-electron chi connectivity index (χ1n) is 20.9. The number of rotatable bonds is 11. The van der Waals surface area contributed by atoms with E-state index >= 15 is 0 Å². The third kappa shape index (κ3) is 12.1. The Morgan fingerprint density at radius 3 is 2.14 bits per heavy atom. The fourth-order valence-corrected chi connectivity index (χ4v) is 7.31. The van der Waals surface area contributed by atoms with Gasteiger partial charge in [0.15, 0.2) is 6.10 Å². The van der Waals surface area contributed by atoms with Gasteiger partial charge >= 0.3 is 11.9 Å². The number of hydrogen-bond acceptors (Lipinski definition) is 9. The number of carbonyl (C=O) groups is 7. The predicted molar refractivity (Wildman–Crippen MR) is 220 cm³/mol. The van der Waals surface area contributed by atoms with Gasteiger partial charge in [-0.25, -0.2) is 4.79 Å². The Morgan fingerprint density at radius 2 is 1.53 bits per heavy atom. The maximum Gasteiger partial charge on any atom is 0.329 e. The smallest absolute Gasteiger partial charge is 0.329 e. The molecule has 1 aromatic carbocycles. The zero-order valence-corrected chi connectivity index (χ0v) is 36.0. The molecule has 2 aliphatic rings. The molecule has 14 nitrogen and oxygen atoms in total. The van der Waals surface area contributed by atoms with Gasteiger partial charge in [0.25, 0.3) is 5.91 Å². The first-order valence-corrected chi connectivity index (χ1v) is 20.9. The van der Waals surface area contributed by atoms with E-state index < -0.39 is 102 Å². The molecule has 5 amide bonds. The van der Waals surface area contributed by atoms with Crippen LogP contribution < -0.4 is 16.0 Å². The molecule has 0 spiro atoms. The minimum absolute atomic E-state index is 0.0583. The summed E-state index contributed by atoms with van der Waals surface area (Å²) in [7, 11) is 1.48. The summed E-state index contributed by atoms with van der Waals surface area (Å²) in [5, 5.41) is 8.34. The van der Waals surface area contributed by atoms with Gasteiger partial charge in [0.2, 0.25) is 23.6 Å². The Hall–Kier alpha value is -4.75. The number of nitrogens with zero attached hydrogens (tertiary/aromatic N) is 2. The van der Waals surface area contributed by atoms with E-state index in [1.165, 1.54) is 16.8 Å². The Bertz CT molecular complexity index is 1610. The number of esters is 2. The molecule has 0 saturated carbocycles. The van der Waals surface area contributed by atoms with Crippen molar-refractivity contribution in [2.24, 2.45) is 23.2 Å². The molecular formula is C44H67N5O9. The van der Waals surface area contributed by atoms with Crippen LogP contribution in [0.4, 0.5) is 0 Å². The zero-order chi connectivity index (χ0) is 43.3. The Kier molecular flexibility index (Phi) is 17.9. The average Bonchev–Trinajstić information content (AvgIpc) is 3.70. The summed E-state index contributed by atoms with van der Waals surface area (Å²) < 4.78 is 12.0. The van der Waals surface area contributed by atoms with Crippen molar-refractivity contribution in [3.63, 3.8) is 0 Å². The Labute approximate surface area is 344 Å². The molecule has 3 N–H and O–H groups in total. The van der Waals surface area contributed by atoms with E-state index in [0.29, 0.717) is 38.5 Å². The molecule has 0 bridgehead atoms. The molecule has 2 saturated heterocycles. The maximum atomic E-state index is 14.5. The van der Waals surface area contributed by atoms with Crippen LogP contribution in [0.5, 0.6) is 0 Å². The van der Waals surface area contributed by atoms with Gasteiger partial charge in [0.1, 0.15) is 36.8 Å². The van der Waals surface area contributed by atoms with E-state index in [9.17, 15) is 33.6 Å². The lowest BCUT2D eigenvalue weighted by atomic mass is 9.82. The summed E-state index contributed by atoms with van der Waals surface area (Å²) in [6.45, 7) is 17.6. The van der Waals surface area contributed by atoms with Crippen LogP contribution in [0.2, 0.25) is 0 Å². The van der Waals surface area contributed by atoms with Crippen molar-refractivity contribution in [3.05, 3.63) is 48.6 Å². The third-order valence-corrected chi connectivity index (χ3v) is 11.8. The lowest BCUT2D eigenvalue weighted by molar-refractivity contribution is -0.170. The van der Waals surface area contributed by atoms with E-state index in [0.717, 1.165) is 5.56 Å². The van der Waals surface area contributed by atoms with Gasteiger partial charge in [-0.15, -0.1) is 6.58 Å². The number of hydrogen-bond donors (Lipinski definition) is 3. The molecule has 2 aliphatic heterocycles. The SMILES string of the molecule is C=CCCC[C@@H]1OC(=O)CNC(=O)[C@H](C(C)CC)NC(=O)[C@@H]2CCCN2C(=O)[C@H](C(C)CC)OC(=O)[C@H](Cc2ccccc2)N(C)C(=O)[C@H](C(C)C)NC(=O)C1(C)C. The van der Waals surface area contributed by atoms with Crippen LogP contribution in [0.1, 0.15) is 106 Å². The molecule has 3 rings (SSSR count). The van der Waals surface area contributed by atoms with Crippen molar-refractivity contribution in [2.45, 2.75) is 143 Å². The number of benzene rings is 1. The molecule has 2 heterocycles. The van der Waals surface area contributed by atoms with Crippen molar-refractivity contribution in [2.75, 3.05) is 20.1 Å². The second-order valence-corrected chi connectivity index (χ2v) is 16.8. The number of carbonyl (C=O) groups excluding carboxylic acids is 7. The number of likely N-dealkylation sites (N-methyl/N-ethyl adjacent to an activating group) is 1. The third-order valence-electron chi connectivity index (χ3n) is 11.8. The van der Waals surface area contributed by atoms with Gasteiger partial charge < -0.3 is 35.2 Å². The average molecular weight is 810 g/mol. The van der Waals surface area contributed by atoms with Crippen molar-refractivity contribution in [1.29, 1.82) is 0 Å². The van der Waals surface area contributed by atoms with Gasteiger partial charge in [-0.2, -0.15) is 0 Å². The highest BCUT2D eigenvalue weighted by molar-refractivity contribution is 5.96. The van der Waals surface area contributed by atoms with Crippen LogP contribution in [0.3, 0.4) is 0 Å². The van der Waals surface area contributed by atoms with Crippen LogP contribution in [0.15, 0.2) is 43.0 Å². The second-order valence-electron chi connectivity index (χ2n) is 16.8. The van der Waals surface area contributed by atoms with Crippen LogP contribution in [-0.2, 0) is 49.5 Å². The van der Waals surface area contributed by atoms with Crippen molar-refractivity contribution < 1.29 is 43.0 Å². The summed E-state index contributed by atoms with van der Waals surface area (Å²) in [5.74, 6) is -5.60. The Morgan fingerprint density at radius 1 is 0.879 bits per heavy atom. The van der Waals surface area contributed by atoms with Gasteiger partial charge in [-0.1, -0.05) is 84.4 Å². The largest absolute Gasteiger partial charge is 0.460 e. The second kappa shape index (κ2) is 21.9. The standard InChI is InChI=1S/C44H67N5O9/c1-11-14-16-23-33-44(8,9)43(56)47-35(27(4)5)40(53)48(10)32(25-30-20-17-15-18-21-30)42(55)58-37(29(7)13-3)41(54)49-24-19-22-31(49)38(51)46-36(28(6)12-2)39(52)45-26-34(50)57-33/h11,15,17-18,20-21,27-29,31-33,35-37H,1,12-14,16,19,22-26H2,2-10H3,(H,45,52)(H,46,51)(H,47,56)/t28?,29?,31-,32-,33-,35-,36-,37-/m0/s1. The number of ether oxygens (including phenoxy) is 2. The van der Waals surface area contributed by atoms with E-state index in [1.807, 2.05) is 44.2 Å². The molecule has 14 heteroatoms. The molecule has 0 aromatic heterocycles. The lowest BCUT2D eigenvalue weighted by Crippen LogP contribution is -2.59. The monoisotopic (exact) mass is 809 g/mol.